The first-order valence-corrected chi connectivity index (χ1v) is 11.7. The van der Waals surface area contributed by atoms with Crippen LogP contribution in [0, 0.1) is 0 Å². The van der Waals surface area contributed by atoms with Crippen molar-refractivity contribution in [3.05, 3.63) is 84.5 Å². The number of hydrogen-bond acceptors (Lipinski definition) is 9. The zero-order valence-corrected chi connectivity index (χ0v) is 21.2. The van der Waals surface area contributed by atoms with Gasteiger partial charge in [-0.2, -0.15) is 0 Å². The molecule has 1 aromatic heterocycles. The van der Waals surface area contributed by atoms with E-state index in [-0.39, 0.29) is 11.1 Å². The first-order chi connectivity index (χ1) is 17.3. The van der Waals surface area contributed by atoms with Gasteiger partial charge in [-0.05, 0) is 36.8 Å². The molecule has 10 heteroatoms. The molecule has 186 valence electrons. The lowest BCUT2D eigenvalue weighted by molar-refractivity contribution is -0.136. The van der Waals surface area contributed by atoms with Crippen molar-refractivity contribution in [2.45, 2.75) is 19.9 Å². The van der Waals surface area contributed by atoms with Gasteiger partial charge in [0.2, 0.25) is 0 Å². The molecule has 0 aliphatic carbocycles. The SMILES string of the molecule is COC(=O)C1=C(C)N=c2s/c(=C\c3ccccc3OC(C)=O)c(=O)n2[C@H]1c1ccc(OC)c(OC)c1. The zero-order chi connectivity index (χ0) is 26.0. The third kappa shape index (κ3) is 4.55. The van der Waals surface area contributed by atoms with Crippen LogP contribution in [0.1, 0.15) is 31.0 Å². The number of methoxy groups -OCH3 is 3. The highest BCUT2D eigenvalue weighted by Crippen LogP contribution is 2.36. The number of allylic oxidation sites excluding steroid dienone is 1. The van der Waals surface area contributed by atoms with E-state index in [0.717, 1.165) is 0 Å². The minimum absolute atomic E-state index is 0.240. The van der Waals surface area contributed by atoms with Crippen LogP contribution < -0.4 is 29.1 Å². The highest BCUT2D eigenvalue weighted by molar-refractivity contribution is 7.07. The second-order valence-corrected chi connectivity index (χ2v) is 8.83. The number of benzene rings is 2. The molecule has 0 radical (unpaired) electrons. The summed E-state index contributed by atoms with van der Waals surface area (Å²) in [5.41, 5.74) is 1.50. The van der Waals surface area contributed by atoms with E-state index in [1.54, 1.807) is 55.5 Å². The molecule has 0 bridgehead atoms. The standard InChI is InChI=1S/C26H24N2O7S/c1-14-22(25(31)34-5)23(17-10-11-19(32-3)20(12-17)33-4)28-24(30)21(36-26(28)27-14)13-16-8-6-7-9-18(16)35-15(2)29/h6-13,23H,1-5H3/b21-13-/t23-/m0/s1. The van der Waals surface area contributed by atoms with Gasteiger partial charge in [0.05, 0.1) is 43.2 Å². The van der Waals surface area contributed by atoms with E-state index in [4.69, 9.17) is 18.9 Å². The summed E-state index contributed by atoms with van der Waals surface area (Å²) in [7, 11) is 4.32. The van der Waals surface area contributed by atoms with Crippen LogP contribution >= 0.6 is 11.3 Å². The second-order valence-electron chi connectivity index (χ2n) is 7.82. The molecule has 36 heavy (non-hydrogen) atoms. The molecule has 2 heterocycles. The molecule has 0 spiro atoms. The van der Waals surface area contributed by atoms with Crippen molar-refractivity contribution in [2.24, 2.45) is 4.99 Å². The first kappa shape index (κ1) is 24.9. The molecule has 0 N–H and O–H groups in total. The molecule has 2 aromatic carbocycles. The van der Waals surface area contributed by atoms with Crippen molar-refractivity contribution in [2.75, 3.05) is 21.3 Å². The Bertz CT molecular complexity index is 1570. The van der Waals surface area contributed by atoms with Crippen molar-refractivity contribution in [3.8, 4) is 17.2 Å². The number of fused-ring (bicyclic) bond motifs is 1. The van der Waals surface area contributed by atoms with E-state index in [0.29, 0.717) is 43.4 Å². The van der Waals surface area contributed by atoms with Crippen molar-refractivity contribution >= 4 is 29.4 Å². The minimum atomic E-state index is -0.806. The van der Waals surface area contributed by atoms with E-state index in [9.17, 15) is 14.4 Å². The molecule has 3 aromatic rings. The Hall–Kier alpha value is -4.18. The lowest BCUT2D eigenvalue weighted by Gasteiger charge is -2.25. The van der Waals surface area contributed by atoms with Gasteiger partial charge in [0.15, 0.2) is 16.3 Å². The van der Waals surface area contributed by atoms with E-state index < -0.39 is 18.0 Å². The fourth-order valence-electron chi connectivity index (χ4n) is 4.02. The van der Waals surface area contributed by atoms with Crippen molar-refractivity contribution in [3.63, 3.8) is 0 Å². The quantitative estimate of drug-likeness (QED) is 0.372. The molecule has 9 nitrogen and oxygen atoms in total. The summed E-state index contributed by atoms with van der Waals surface area (Å²) >= 11 is 1.17. The van der Waals surface area contributed by atoms with Gasteiger partial charge in [0, 0.05) is 12.5 Å². The van der Waals surface area contributed by atoms with Crippen LogP contribution in [0.25, 0.3) is 6.08 Å². The number of rotatable bonds is 6. The predicted octanol–water partition coefficient (Wildman–Crippen LogP) is 2.35. The summed E-state index contributed by atoms with van der Waals surface area (Å²) in [5.74, 6) is 0.232. The Kier molecular flexibility index (Phi) is 7.07. The number of carbonyl (C=O) groups excluding carboxylic acids is 2. The highest BCUT2D eigenvalue weighted by atomic mass is 32.1. The molecule has 0 saturated carbocycles. The summed E-state index contributed by atoms with van der Waals surface area (Å²) in [4.78, 5) is 43.0. The highest BCUT2D eigenvalue weighted by Gasteiger charge is 2.33. The number of esters is 2. The zero-order valence-electron chi connectivity index (χ0n) is 20.4. The number of thiazole rings is 1. The molecular weight excluding hydrogens is 484 g/mol. The monoisotopic (exact) mass is 508 g/mol. The molecule has 1 atom stereocenters. The average Bonchev–Trinajstić information content (AvgIpc) is 3.17. The smallest absolute Gasteiger partial charge is 0.338 e. The molecule has 1 aliphatic rings. The molecule has 0 unspecified atom stereocenters. The van der Waals surface area contributed by atoms with Gasteiger partial charge in [-0.25, -0.2) is 9.79 Å². The Morgan fingerprint density at radius 2 is 1.75 bits per heavy atom. The number of nitrogens with zero attached hydrogens (tertiary/aromatic N) is 2. The number of hydrogen-bond donors (Lipinski definition) is 0. The Morgan fingerprint density at radius 1 is 1.03 bits per heavy atom. The number of carbonyl (C=O) groups is 2. The van der Waals surface area contributed by atoms with E-state index in [1.165, 1.54) is 44.2 Å². The van der Waals surface area contributed by atoms with Gasteiger partial charge in [-0.15, -0.1) is 0 Å². The van der Waals surface area contributed by atoms with Crippen molar-refractivity contribution in [1.82, 2.24) is 4.57 Å². The molecule has 0 saturated heterocycles. The maximum atomic E-state index is 13.7. The van der Waals surface area contributed by atoms with Crippen LogP contribution in [-0.2, 0) is 14.3 Å². The Balaban J connectivity index is 1.97. The summed E-state index contributed by atoms with van der Waals surface area (Å²) in [6, 6.07) is 11.3. The molecule has 4 rings (SSSR count). The summed E-state index contributed by atoms with van der Waals surface area (Å²) in [5, 5.41) is 0. The molecule has 1 aliphatic heterocycles. The third-order valence-electron chi connectivity index (χ3n) is 5.61. The van der Waals surface area contributed by atoms with E-state index in [2.05, 4.69) is 4.99 Å². The largest absolute Gasteiger partial charge is 0.493 e. The van der Waals surface area contributed by atoms with Crippen LogP contribution in [-0.4, -0.2) is 37.8 Å². The molecule has 0 amide bonds. The third-order valence-corrected chi connectivity index (χ3v) is 6.59. The summed E-state index contributed by atoms with van der Waals surface area (Å²) in [6.45, 7) is 3.01. The second kappa shape index (κ2) is 10.2. The Labute approximate surface area is 210 Å². The van der Waals surface area contributed by atoms with Gasteiger partial charge in [0.1, 0.15) is 5.75 Å². The number of aromatic nitrogens is 1. The first-order valence-electron chi connectivity index (χ1n) is 10.9. The maximum absolute atomic E-state index is 13.7. The minimum Gasteiger partial charge on any atom is -0.493 e. The van der Waals surface area contributed by atoms with Crippen LogP contribution in [0.4, 0.5) is 0 Å². The van der Waals surface area contributed by atoms with E-state index in [1.807, 2.05) is 0 Å². The fourth-order valence-corrected chi connectivity index (χ4v) is 5.06. The lowest BCUT2D eigenvalue weighted by atomic mass is 9.95. The number of para-hydroxylation sites is 1. The molecule has 0 fully saturated rings. The van der Waals surface area contributed by atoms with Gasteiger partial charge in [0.25, 0.3) is 5.56 Å². The fraction of sp³-hybridized carbons (Fsp3) is 0.231. The van der Waals surface area contributed by atoms with Gasteiger partial charge < -0.3 is 18.9 Å². The topological polar surface area (TPSA) is 105 Å². The van der Waals surface area contributed by atoms with Crippen molar-refractivity contribution < 1.29 is 28.5 Å². The Morgan fingerprint density at radius 3 is 2.42 bits per heavy atom. The number of ether oxygens (including phenoxy) is 4. The maximum Gasteiger partial charge on any atom is 0.338 e. The van der Waals surface area contributed by atoms with Crippen LogP contribution in [0.15, 0.2) is 63.5 Å². The van der Waals surface area contributed by atoms with Crippen LogP contribution in [0.5, 0.6) is 17.2 Å². The predicted molar refractivity (Wildman–Crippen MR) is 133 cm³/mol. The van der Waals surface area contributed by atoms with Crippen LogP contribution in [0.2, 0.25) is 0 Å². The van der Waals surface area contributed by atoms with Gasteiger partial charge >= 0.3 is 11.9 Å². The van der Waals surface area contributed by atoms with Crippen molar-refractivity contribution in [1.29, 1.82) is 0 Å². The lowest BCUT2D eigenvalue weighted by Crippen LogP contribution is -2.39. The molecular formula is C26H24N2O7S. The average molecular weight is 509 g/mol. The van der Waals surface area contributed by atoms with Gasteiger partial charge in [-0.3, -0.25) is 14.2 Å². The van der Waals surface area contributed by atoms with E-state index >= 15 is 0 Å². The van der Waals surface area contributed by atoms with Gasteiger partial charge in [-0.1, -0.05) is 35.6 Å². The summed E-state index contributed by atoms with van der Waals surface area (Å²) < 4.78 is 22.9. The normalized spacial score (nSPS) is 15.1. The summed E-state index contributed by atoms with van der Waals surface area (Å²) in [6.07, 6.45) is 1.64. The van der Waals surface area contributed by atoms with Crippen LogP contribution in [0.3, 0.4) is 0 Å².